The second kappa shape index (κ2) is 6.93. The van der Waals surface area contributed by atoms with Crippen LogP contribution in [0.15, 0.2) is 17.0 Å². The van der Waals surface area contributed by atoms with Crippen molar-refractivity contribution in [2.75, 3.05) is 34.2 Å². The van der Waals surface area contributed by atoms with Gasteiger partial charge in [-0.25, -0.2) is 13.2 Å². The fraction of sp³-hybridized carbons (Fsp3) is 0.417. The number of aromatic carboxylic acids is 1. The van der Waals surface area contributed by atoms with Gasteiger partial charge in [0.1, 0.15) is 4.90 Å². The van der Waals surface area contributed by atoms with E-state index >= 15 is 0 Å². The van der Waals surface area contributed by atoms with Crippen LogP contribution in [0, 0.1) is 0 Å². The molecule has 0 aliphatic carbocycles. The fourth-order valence-electron chi connectivity index (χ4n) is 1.52. The van der Waals surface area contributed by atoms with Crippen molar-refractivity contribution in [1.29, 1.82) is 0 Å². The number of rotatable bonds is 6. The third kappa shape index (κ3) is 4.31. The number of halogens is 2. The van der Waals surface area contributed by atoms with Crippen LogP contribution in [0.25, 0.3) is 0 Å². The van der Waals surface area contributed by atoms with Gasteiger partial charge in [-0.2, -0.15) is 4.31 Å². The molecule has 0 aromatic heterocycles. The number of sulfonamides is 1. The standard InChI is InChI=1S/C12H16Cl2N2O4S/c1-15(2)4-5-16(3)21(19,20)11-6-8(12(17)18)9(13)7-10(11)14/h6-7H,4-5H2,1-3H3,(H,17,18). The first-order chi connectivity index (χ1) is 9.57. The normalized spacial score (nSPS) is 12.1. The number of nitrogens with zero attached hydrogens (tertiary/aromatic N) is 2. The summed E-state index contributed by atoms with van der Waals surface area (Å²) in [6, 6.07) is 2.10. The molecule has 0 fully saturated rings. The van der Waals surface area contributed by atoms with Crippen LogP contribution in [0.1, 0.15) is 10.4 Å². The van der Waals surface area contributed by atoms with Crippen LogP contribution in [0.4, 0.5) is 0 Å². The Hall–Kier alpha value is -0.860. The van der Waals surface area contributed by atoms with E-state index < -0.39 is 16.0 Å². The number of benzene rings is 1. The fourth-order valence-corrected chi connectivity index (χ4v) is 3.51. The third-order valence-corrected chi connectivity index (χ3v) is 5.44. The summed E-state index contributed by atoms with van der Waals surface area (Å²) < 4.78 is 26.0. The molecule has 21 heavy (non-hydrogen) atoms. The predicted molar refractivity (Wildman–Crippen MR) is 81.8 cm³/mol. The molecule has 0 bridgehead atoms. The molecule has 1 N–H and O–H groups in total. The summed E-state index contributed by atoms with van der Waals surface area (Å²) in [6.45, 7) is 0.767. The van der Waals surface area contributed by atoms with E-state index in [9.17, 15) is 13.2 Å². The zero-order chi connectivity index (χ0) is 16.4. The van der Waals surface area contributed by atoms with Gasteiger partial charge in [-0.05, 0) is 26.2 Å². The summed E-state index contributed by atoms with van der Waals surface area (Å²) in [5, 5.41) is 8.80. The van der Waals surface area contributed by atoms with Gasteiger partial charge in [-0.1, -0.05) is 23.2 Å². The lowest BCUT2D eigenvalue weighted by Crippen LogP contribution is -2.33. The number of hydrogen-bond donors (Lipinski definition) is 1. The Morgan fingerprint density at radius 2 is 1.71 bits per heavy atom. The van der Waals surface area contributed by atoms with E-state index in [1.54, 1.807) is 0 Å². The number of hydrogen-bond acceptors (Lipinski definition) is 4. The Morgan fingerprint density at radius 3 is 2.19 bits per heavy atom. The second-order valence-electron chi connectivity index (χ2n) is 4.70. The maximum Gasteiger partial charge on any atom is 0.337 e. The zero-order valence-electron chi connectivity index (χ0n) is 11.8. The van der Waals surface area contributed by atoms with Crippen LogP contribution in [-0.2, 0) is 10.0 Å². The van der Waals surface area contributed by atoms with Crippen LogP contribution in [0.3, 0.4) is 0 Å². The Labute approximate surface area is 133 Å². The summed E-state index contributed by atoms with van der Waals surface area (Å²) in [5.74, 6) is -1.32. The van der Waals surface area contributed by atoms with Gasteiger partial charge in [-0.3, -0.25) is 0 Å². The summed E-state index contributed by atoms with van der Waals surface area (Å²) >= 11 is 11.7. The highest BCUT2D eigenvalue weighted by Crippen LogP contribution is 2.30. The van der Waals surface area contributed by atoms with Crippen molar-refractivity contribution in [2.45, 2.75) is 4.90 Å². The van der Waals surface area contributed by atoms with Crippen LogP contribution < -0.4 is 0 Å². The molecule has 0 saturated carbocycles. The maximum atomic E-state index is 12.4. The monoisotopic (exact) mass is 354 g/mol. The molecule has 0 saturated heterocycles. The molecule has 0 amide bonds. The molecule has 1 rings (SSSR count). The molecule has 0 aliphatic heterocycles. The predicted octanol–water partition coefficient (Wildman–Crippen LogP) is 1.87. The molecule has 0 heterocycles. The minimum Gasteiger partial charge on any atom is -0.478 e. The maximum absolute atomic E-state index is 12.4. The van der Waals surface area contributed by atoms with Crippen LogP contribution >= 0.6 is 23.2 Å². The van der Waals surface area contributed by atoms with Crippen molar-refractivity contribution in [3.8, 4) is 0 Å². The van der Waals surface area contributed by atoms with Gasteiger partial charge >= 0.3 is 5.97 Å². The topological polar surface area (TPSA) is 77.9 Å². The van der Waals surface area contributed by atoms with Crippen molar-refractivity contribution in [1.82, 2.24) is 9.21 Å². The molecule has 9 heteroatoms. The molecule has 6 nitrogen and oxygen atoms in total. The smallest absolute Gasteiger partial charge is 0.337 e. The molecule has 0 unspecified atom stereocenters. The average Bonchev–Trinajstić information content (AvgIpc) is 2.34. The second-order valence-corrected chi connectivity index (χ2v) is 7.53. The van der Waals surface area contributed by atoms with Crippen molar-refractivity contribution >= 4 is 39.2 Å². The van der Waals surface area contributed by atoms with E-state index in [0.717, 1.165) is 16.4 Å². The van der Waals surface area contributed by atoms with E-state index in [4.69, 9.17) is 28.3 Å². The van der Waals surface area contributed by atoms with E-state index in [2.05, 4.69) is 0 Å². The third-order valence-electron chi connectivity index (χ3n) is 2.80. The lowest BCUT2D eigenvalue weighted by atomic mass is 10.2. The van der Waals surface area contributed by atoms with Gasteiger partial charge in [0, 0.05) is 20.1 Å². The van der Waals surface area contributed by atoms with Gasteiger partial charge in [0.25, 0.3) is 0 Å². The number of carboxylic acids is 1. The molecule has 118 valence electrons. The van der Waals surface area contributed by atoms with Crippen molar-refractivity contribution in [3.63, 3.8) is 0 Å². The Kier molecular flexibility index (Phi) is 6.01. The molecule has 1 aromatic rings. The van der Waals surface area contributed by atoms with Gasteiger partial charge in [0.05, 0.1) is 15.6 Å². The molecule has 1 aromatic carbocycles. The van der Waals surface area contributed by atoms with Gasteiger partial charge in [-0.15, -0.1) is 0 Å². The van der Waals surface area contributed by atoms with E-state index in [-0.39, 0.29) is 27.0 Å². The quantitative estimate of drug-likeness (QED) is 0.843. The van der Waals surface area contributed by atoms with Crippen LogP contribution in [0.5, 0.6) is 0 Å². The number of carboxylic acid groups (broad SMARTS) is 1. The first-order valence-corrected chi connectivity index (χ1v) is 8.10. The minimum atomic E-state index is -3.89. The number of likely N-dealkylation sites (N-methyl/N-ethyl adjacent to an activating group) is 2. The van der Waals surface area contributed by atoms with Crippen molar-refractivity contribution in [2.24, 2.45) is 0 Å². The number of carbonyl (C=O) groups is 1. The Balaban J connectivity index is 3.25. The zero-order valence-corrected chi connectivity index (χ0v) is 14.1. The minimum absolute atomic E-state index is 0.109. The highest BCUT2D eigenvalue weighted by atomic mass is 35.5. The Bertz CT molecular complexity index is 647. The highest BCUT2D eigenvalue weighted by Gasteiger charge is 2.26. The van der Waals surface area contributed by atoms with E-state index in [1.165, 1.54) is 7.05 Å². The SMILES string of the molecule is CN(C)CCN(C)S(=O)(=O)c1cc(C(=O)O)c(Cl)cc1Cl. The average molecular weight is 355 g/mol. The molecule has 0 radical (unpaired) electrons. The molecule has 0 spiro atoms. The van der Waals surface area contributed by atoms with E-state index in [0.29, 0.717) is 6.54 Å². The lowest BCUT2D eigenvalue weighted by molar-refractivity contribution is 0.0697. The molecular weight excluding hydrogens is 339 g/mol. The van der Waals surface area contributed by atoms with E-state index in [1.807, 2.05) is 19.0 Å². The first kappa shape index (κ1) is 18.2. The summed E-state index contributed by atoms with van der Waals surface area (Å²) in [7, 11) is 1.16. The summed E-state index contributed by atoms with van der Waals surface area (Å²) in [6.07, 6.45) is 0. The van der Waals surface area contributed by atoms with Crippen molar-refractivity contribution in [3.05, 3.63) is 27.7 Å². The first-order valence-electron chi connectivity index (χ1n) is 5.90. The molecule has 0 aliphatic rings. The summed E-state index contributed by atoms with van der Waals surface area (Å²) in [5.41, 5.74) is -0.305. The van der Waals surface area contributed by atoms with Crippen molar-refractivity contribution < 1.29 is 18.3 Å². The summed E-state index contributed by atoms with van der Waals surface area (Å²) in [4.78, 5) is 12.6. The lowest BCUT2D eigenvalue weighted by Gasteiger charge is -2.20. The molecular formula is C12H16Cl2N2O4S. The molecule has 0 atom stereocenters. The largest absolute Gasteiger partial charge is 0.478 e. The van der Waals surface area contributed by atoms with Gasteiger partial charge < -0.3 is 10.0 Å². The van der Waals surface area contributed by atoms with Crippen LogP contribution in [0.2, 0.25) is 10.0 Å². The Morgan fingerprint density at radius 1 is 1.14 bits per heavy atom. The van der Waals surface area contributed by atoms with Gasteiger partial charge in [0.2, 0.25) is 10.0 Å². The highest BCUT2D eigenvalue weighted by molar-refractivity contribution is 7.89. The van der Waals surface area contributed by atoms with Crippen LogP contribution in [-0.4, -0.2) is 62.9 Å². The van der Waals surface area contributed by atoms with Gasteiger partial charge in [0.15, 0.2) is 0 Å².